The van der Waals surface area contributed by atoms with Crippen LogP contribution in [0.3, 0.4) is 0 Å². The molecule has 0 aliphatic carbocycles. The molecular weight excluding hydrogens is 248 g/mol. The number of rotatable bonds is 2. The topological polar surface area (TPSA) is 24.5 Å². The quantitative estimate of drug-likeness (QED) is 0.895. The number of nitrogens with one attached hydrogen (secondary N) is 1. The first kappa shape index (κ1) is 14.1. The lowest BCUT2D eigenvalue weighted by molar-refractivity contribution is -0.0373. The van der Waals surface area contributed by atoms with Gasteiger partial charge in [-0.25, -0.2) is 0 Å². The zero-order valence-corrected chi connectivity index (χ0v) is 12.7. The summed E-state index contributed by atoms with van der Waals surface area (Å²) >= 11 is 0. The Bertz CT molecular complexity index is 460. The molecule has 20 heavy (non-hydrogen) atoms. The molecule has 0 saturated carbocycles. The Balaban J connectivity index is 1.97. The SMILES string of the molecule is Cc1ccc(C2(N3CCNCC3)CCOCC2)cc1C. The van der Waals surface area contributed by atoms with E-state index in [0.717, 1.165) is 52.2 Å². The summed E-state index contributed by atoms with van der Waals surface area (Å²) in [4.78, 5) is 2.69. The number of nitrogens with zero attached hydrogens (tertiary/aromatic N) is 1. The summed E-state index contributed by atoms with van der Waals surface area (Å²) in [5, 5.41) is 3.47. The molecular formula is C17H26N2O. The Labute approximate surface area is 122 Å². The van der Waals surface area contributed by atoms with Gasteiger partial charge in [0.05, 0.1) is 5.54 Å². The normalized spacial score (nSPS) is 23.7. The second-order valence-corrected chi connectivity index (χ2v) is 6.18. The van der Waals surface area contributed by atoms with E-state index < -0.39 is 0 Å². The van der Waals surface area contributed by atoms with Gasteiger partial charge in [0.25, 0.3) is 0 Å². The Morgan fingerprint density at radius 3 is 2.40 bits per heavy atom. The van der Waals surface area contributed by atoms with Crippen LogP contribution in [-0.2, 0) is 10.3 Å². The fourth-order valence-electron chi connectivity index (χ4n) is 3.62. The van der Waals surface area contributed by atoms with Crippen LogP contribution in [0.15, 0.2) is 18.2 Å². The van der Waals surface area contributed by atoms with Gasteiger partial charge >= 0.3 is 0 Å². The lowest BCUT2D eigenvalue weighted by Gasteiger charge is -2.48. The van der Waals surface area contributed by atoms with Crippen LogP contribution >= 0.6 is 0 Å². The summed E-state index contributed by atoms with van der Waals surface area (Å²) in [5.74, 6) is 0. The van der Waals surface area contributed by atoms with E-state index in [1.807, 2.05) is 0 Å². The monoisotopic (exact) mass is 274 g/mol. The van der Waals surface area contributed by atoms with Crippen LogP contribution in [0.1, 0.15) is 29.5 Å². The highest BCUT2D eigenvalue weighted by atomic mass is 16.5. The average Bonchev–Trinajstić information content (AvgIpc) is 2.51. The molecule has 0 spiro atoms. The summed E-state index contributed by atoms with van der Waals surface area (Å²) in [7, 11) is 0. The molecule has 0 unspecified atom stereocenters. The summed E-state index contributed by atoms with van der Waals surface area (Å²) in [6, 6.07) is 7.03. The van der Waals surface area contributed by atoms with Crippen molar-refractivity contribution in [2.45, 2.75) is 32.2 Å². The van der Waals surface area contributed by atoms with Crippen LogP contribution in [-0.4, -0.2) is 44.3 Å². The summed E-state index contributed by atoms with van der Waals surface area (Å²) in [6.07, 6.45) is 2.24. The molecule has 0 amide bonds. The van der Waals surface area contributed by atoms with Gasteiger partial charge in [0, 0.05) is 39.4 Å². The molecule has 1 N–H and O–H groups in total. The third-order valence-corrected chi connectivity index (χ3v) is 5.09. The fraction of sp³-hybridized carbons (Fsp3) is 0.647. The van der Waals surface area contributed by atoms with E-state index in [0.29, 0.717) is 0 Å². The lowest BCUT2D eigenvalue weighted by Crippen LogP contribution is -2.56. The van der Waals surface area contributed by atoms with Gasteiger partial charge in [-0.15, -0.1) is 0 Å². The molecule has 1 aromatic carbocycles. The molecule has 0 atom stereocenters. The fourth-order valence-corrected chi connectivity index (χ4v) is 3.62. The maximum Gasteiger partial charge on any atom is 0.0505 e. The van der Waals surface area contributed by atoms with Gasteiger partial charge < -0.3 is 10.1 Å². The van der Waals surface area contributed by atoms with Gasteiger partial charge in [0.15, 0.2) is 0 Å². The molecule has 3 rings (SSSR count). The predicted octanol–water partition coefficient (Wildman–Crippen LogP) is 2.21. The van der Waals surface area contributed by atoms with Crippen molar-refractivity contribution in [2.24, 2.45) is 0 Å². The zero-order chi connectivity index (χ0) is 14.0. The third-order valence-electron chi connectivity index (χ3n) is 5.09. The van der Waals surface area contributed by atoms with E-state index in [1.165, 1.54) is 16.7 Å². The minimum atomic E-state index is 0.193. The van der Waals surface area contributed by atoms with Crippen molar-refractivity contribution in [2.75, 3.05) is 39.4 Å². The Kier molecular flexibility index (Phi) is 4.11. The molecule has 110 valence electrons. The van der Waals surface area contributed by atoms with Crippen LogP contribution in [0, 0.1) is 13.8 Å². The molecule has 2 fully saturated rings. The number of aryl methyl sites for hydroxylation is 2. The van der Waals surface area contributed by atoms with E-state index in [2.05, 4.69) is 42.3 Å². The highest BCUT2D eigenvalue weighted by Gasteiger charge is 2.40. The van der Waals surface area contributed by atoms with Crippen molar-refractivity contribution in [3.8, 4) is 0 Å². The first-order valence-corrected chi connectivity index (χ1v) is 7.84. The molecule has 0 aromatic heterocycles. The molecule has 2 aliphatic rings. The summed E-state index contributed by atoms with van der Waals surface area (Å²) in [6.45, 7) is 10.7. The van der Waals surface area contributed by atoms with E-state index >= 15 is 0 Å². The predicted molar refractivity (Wildman–Crippen MR) is 82.1 cm³/mol. The summed E-state index contributed by atoms with van der Waals surface area (Å²) in [5.41, 5.74) is 4.48. The van der Waals surface area contributed by atoms with Gasteiger partial charge in [-0.05, 0) is 43.4 Å². The molecule has 3 heteroatoms. The van der Waals surface area contributed by atoms with E-state index in [9.17, 15) is 0 Å². The van der Waals surface area contributed by atoms with Crippen LogP contribution < -0.4 is 5.32 Å². The Morgan fingerprint density at radius 2 is 1.75 bits per heavy atom. The van der Waals surface area contributed by atoms with E-state index in [1.54, 1.807) is 0 Å². The second-order valence-electron chi connectivity index (χ2n) is 6.18. The van der Waals surface area contributed by atoms with Crippen molar-refractivity contribution < 1.29 is 4.74 Å². The van der Waals surface area contributed by atoms with Crippen molar-refractivity contribution in [3.05, 3.63) is 34.9 Å². The molecule has 0 radical (unpaired) electrons. The average molecular weight is 274 g/mol. The second kappa shape index (κ2) is 5.84. The molecule has 1 aromatic rings. The minimum Gasteiger partial charge on any atom is -0.381 e. The highest BCUT2D eigenvalue weighted by Crippen LogP contribution is 2.39. The van der Waals surface area contributed by atoms with Gasteiger partial charge in [-0.1, -0.05) is 18.2 Å². The van der Waals surface area contributed by atoms with Crippen molar-refractivity contribution in [3.63, 3.8) is 0 Å². The zero-order valence-electron chi connectivity index (χ0n) is 12.7. The first-order chi connectivity index (χ1) is 9.72. The van der Waals surface area contributed by atoms with Crippen LogP contribution in [0.5, 0.6) is 0 Å². The third kappa shape index (κ3) is 2.50. The smallest absolute Gasteiger partial charge is 0.0505 e. The van der Waals surface area contributed by atoms with Gasteiger partial charge in [0.1, 0.15) is 0 Å². The van der Waals surface area contributed by atoms with E-state index in [4.69, 9.17) is 4.74 Å². The minimum absolute atomic E-state index is 0.193. The van der Waals surface area contributed by atoms with Gasteiger partial charge in [-0.2, -0.15) is 0 Å². The molecule has 3 nitrogen and oxygen atoms in total. The van der Waals surface area contributed by atoms with Gasteiger partial charge in [0.2, 0.25) is 0 Å². The number of ether oxygens (including phenoxy) is 1. The summed E-state index contributed by atoms with van der Waals surface area (Å²) < 4.78 is 5.65. The number of hydrogen-bond donors (Lipinski definition) is 1. The Morgan fingerprint density at radius 1 is 1.05 bits per heavy atom. The maximum atomic E-state index is 5.65. The number of hydrogen-bond acceptors (Lipinski definition) is 3. The number of piperazine rings is 1. The molecule has 2 heterocycles. The molecule has 2 saturated heterocycles. The van der Waals surface area contributed by atoms with E-state index in [-0.39, 0.29) is 5.54 Å². The Hall–Kier alpha value is -0.900. The van der Waals surface area contributed by atoms with Crippen molar-refractivity contribution in [1.82, 2.24) is 10.2 Å². The maximum absolute atomic E-state index is 5.65. The van der Waals surface area contributed by atoms with Crippen molar-refractivity contribution in [1.29, 1.82) is 0 Å². The van der Waals surface area contributed by atoms with Crippen LogP contribution in [0.4, 0.5) is 0 Å². The van der Waals surface area contributed by atoms with Crippen molar-refractivity contribution >= 4 is 0 Å². The molecule has 2 aliphatic heterocycles. The standard InChI is InChI=1S/C17H26N2O/c1-14-3-4-16(13-15(14)2)17(5-11-20-12-6-17)19-9-7-18-8-10-19/h3-4,13,18H,5-12H2,1-2H3. The van der Waals surface area contributed by atoms with Gasteiger partial charge in [-0.3, -0.25) is 4.90 Å². The highest BCUT2D eigenvalue weighted by molar-refractivity contribution is 5.35. The first-order valence-electron chi connectivity index (χ1n) is 7.84. The number of benzene rings is 1. The lowest BCUT2D eigenvalue weighted by atomic mass is 9.79. The molecule has 0 bridgehead atoms. The van der Waals surface area contributed by atoms with Crippen LogP contribution in [0.25, 0.3) is 0 Å². The van der Waals surface area contributed by atoms with Crippen LogP contribution in [0.2, 0.25) is 0 Å². The largest absolute Gasteiger partial charge is 0.381 e.